The summed E-state index contributed by atoms with van der Waals surface area (Å²) in [4.78, 5) is 0. The van der Waals surface area contributed by atoms with Crippen LogP contribution in [0, 0.1) is 10.8 Å². The van der Waals surface area contributed by atoms with Gasteiger partial charge in [0.15, 0.2) is 0 Å². The van der Waals surface area contributed by atoms with Gasteiger partial charge >= 0.3 is 0 Å². The number of hydrogen-bond donors (Lipinski definition) is 0. The first-order valence-electron chi connectivity index (χ1n) is 10.5. The summed E-state index contributed by atoms with van der Waals surface area (Å²) in [6, 6.07) is 12.0. The average molecular weight is 372 g/mol. The molecule has 2 rings (SSSR count). The van der Waals surface area contributed by atoms with Gasteiger partial charge in [-0.1, -0.05) is 159 Å². The Balaban J connectivity index is -0.0000000502. The molecule has 1 aromatic rings. The number of hydrogen-bond acceptors (Lipinski definition) is 0. The highest BCUT2D eigenvalue weighted by atomic mass is 14.0. The monoisotopic (exact) mass is 371 g/mol. The maximum absolute atomic E-state index is 2.19. The van der Waals surface area contributed by atoms with Crippen molar-refractivity contribution in [2.75, 3.05) is 0 Å². The number of benzene rings is 1. The van der Waals surface area contributed by atoms with E-state index in [-0.39, 0.29) is 8.85 Å². The standard InChI is InChI=1S/C6H6.C5H10.2C5H12.2C2H6.CH4.H2/c1-2-4-6-5-3-1;1-2-4-5-3-1;2*1-5(2,3)4;2*1-2;;/h1-6H;1-5H2;2*1-4H3;2*1-2H3;1H4;1H/i;;;;;;;1+1. The van der Waals surface area contributed by atoms with Crippen molar-refractivity contribution >= 4 is 0 Å². The van der Waals surface area contributed by atoms with Crippen LogP contribution < -0.4 is 0 Å². The lowest BCUT2D eigenvalue weighted by molar-refractivity contribution is 0.469. The first-order chi connectivity index (χ1) is 11.5. The molecule has 0 aliphatic heterocycles. The second kappa shape index (κ2) is 26.4. The molecule has 0 unspecified atom stereocenters. The summed E-state index contributed by atoms with van der Waals surface area (Å²) in [6.45, 7) is 25.5. The Morgan fingerprint density at radius 3 is 0.577 bits per heavy atom. The predicted molar refractivity (Wildman–Crippen MR) is 131 cm³/mol. The molecule has 1 aliphatic rings. The minimum atomic E-state index is 0. The Morgan fingerprint density at radius 1 is 0.423 bits per heavy atom. The topological polar surface area (TPSA) is 0 Å². The third-order valence-corrected chi connectivity index (χ3v) is 1.92. The molecule has 0 atom stereocenters. The van der Waals surface area contributed by atoms with Crippen LogP contribution in [-0.2, 0) is 0 Å². The van der Waals surface area contributed by atoms with Gasteiger partial charge < -0.3 is 0 Å². The molecule has 0 saturated heterocycles. The number of rotatable bonds is 0. The van der Waals surface area contributed by atoms with Gasteiger partial charge in [-0.3, -0.25) is 0 Å². The Labute approximate surface area is 171 Å². The molecule has 0 heterocycles. The average Bonchev–Trinajstić information content (AvgIpc) is 3.09. The molecule has 0 amide bonds. The predicted octanol–water partition coefficient (Wildman–Crippen LogP) is 10.7. The SMILES string of the molecule is C.C1CCCC1.CC.CC.CC(C)(C)C.CC(C)(C)C.[2HH].c1ccccc1. The van der Waals surface area contributed by atoms with Crippen LogP contribution >= 0.6 is 0 Å². The lowest BCUT2D eigenvalue weighted by Crippen LogP contribution is -1.93. The highest BCUT2D eigenvalue weighted by Crippen LogP contribution is 2.15. The molecule has 1 aromatic carbocycles. The second-order valence-corrected chi connectivity index (χ2v) is 8.92. The van der Waals surface area contributed by atoms with E-state index in [1.165, 1.54) is 32.1 Å². The Morgan fingerprint density at radius 2 is 0.500 bits per heavy atom. The fourth-order valence-electron chi connectivity index (χ4n) is 1.27. The summed E-state index contributed by atoms with van der Waals surface area (Å²) in [5.74, 6) is 0. The lowest BCUT2D eigenvalue weighted by atomic mass is 10.0. The summed E-state index contributed by atoms with van der Waals surface area (Å²) in [5.41, 5.74) is 1.00. The summed E-state index contributed by atoms with van der Waals surface area (Å²) in [5, 5.41) is 0. The molecule has 26 heavy (non-hydrogen) atoms. The minimum Gasteiger partial charge on any atom is -0.0776 e. The molecule has 0 aromatic heterocycles. The van der Waals surface area contributed by atoms with Crippen molar-refractivity contribution in [3.05, 3.63) is 36.4 Å². The van der Waals surface area contributed by atoms with E-state index in [4.69, 9.17) is 0 Å². The van der Waals surface area contributed by atoms with Gasteiger partial charge in [0.05, 0.1) is 0 Å². The van der Waals surface area contributed by atoms with Gasteiger partial charge in [0.2, 0.25) is 0 Å². The highest BCUT2D eigenvalue weighted by Gasteiger charge is 1.96. The van der Waals surface area contributed by atoms with E-state index in [1.54, 1.807) is 0 Å². The van der Waals surface area contributed by atoms with Crippen LogP contribution in [0.2, 0.25) is 0 Å². The first kappa shape index (κ1) is 36.2. The Bertz CT molecular complexity index is 228. The fourth-order valence-corrected chi connectivity index (χ4v) is 1.27. The zero-order valence-corrected chi connectivity index (χ0v) is 20.0. The summed E-state index contributed by atoms with van der Waals surface area (Å²) >= 11 is 0. The molecule has 0 spiro atoms. The fraction of sp³-hybridized carbons (Fsp3) is 0.769. The van der Waals surface area contributed by atoms with Crippen molar-refractivity contribution in [2.24, 2.45) is 10.8 Å². The van der Waals surface area contributed by atoms with Gasteiger partial charge in [-0.15, -0.1) is 0 Å². The largest absolute Gasteiger partial charge is 0.0776 e. The first-order valence-corrected chi connectivity index (χ1v) is 10.5. The molecular formula is C26H58. The van der Waals surface area contributed by atoms with E-state index >= 15 is 0 Å². The van der Waals surface area contributed by atoms with Gasteiger partial charge in [-0.05, 0) is 10.8 Å². The van der Waals surface area contributed by atoms with Crippen molar-refractivity contribution in [1.82, 2.24) is 0 Å². The van der Waals surface area contributed by atoms with E-state index in [2.05, 4.69) is 55.4 Å². The van der Waals surface area contributed by atoms with Crippen molar-refractivity contribution in [3.8, 4) is 0 Å². The molecule has 0 nitrogen and oxygen atoms in total. The van der Waals surface area contributed by atoms with Crippen LogP contribution in [0.25, 0.3) is 0 Å². The van der Waals surface area contributed by atoms with Gasteiger partial charge in [-0.25, -0.2) is 0 Å². The van der Waals surface area contributed by atoms with Crippen molar-refractivity contribution in [2.45, 2.75) is 123 Å². The van der Waals surface area contributed by atoms with E-state index in [9.17, 15) is 0 Å². The van der Waals surface area contributed by atoms with Crippen LogP contribution in [0.5, 0.6) is 0 Å². The Kier molecular flexibility index (Phi) is 36.8. The van der Waals surface area contributed by atoms with Crippen LogP contribution in [-0.4, -0.2) is 0 Å². The van der Waals surface area contributed by atoms with Crippen LogP contribution in [0.15, 0.2) is 36.4 Å². The molecular weight excluding hydrogens is 312 g/mol. The molecule has 0 heteroatoms. The Hall–Kier alpha value is -0.780. The normalized spacial score (nSPS) is 11.5. The molecule has 0 bridgehead atoms. The quantitative estimate of drug-likeness (QED) is 0.425. The summed E-state index contributed by atoms with van der Waals surface area (Å²) in [6.07, 6.45) is 7.50. The second-order valence-electron chi connectivity index (χ2n) is 8.92. The van der Waals surface area contributed by atoms with Crippen LogP contribution in [0.1, 0.15) is 124 Å². The third-order valence-electron chi connectivity index (χ3n) is 1.92. The van der Waals surface area contributed by atoms with Gasteiger partial charge in [-0.2, -0.15) is 0 Å². The molecule has 162 valence electrons. The smallest absolute Gasteiger partial charge is 0 e. The van der Waals surface area contributed by atoms with Crippen molar-refractivity contribution < 1.29 is 1.43 Å². The summed E-state index contributed by atoms with van der Waals surface area (Å²) in [7, 11) is 0. The van der Waals surface area contributed by atoms with Gasteiger partial charge in [0.1, 0.15) is 0 Å². The lowest BCUT2D eigenvalue weighted by Gasteiger charge is -2.05. The van der Waals surface area contributed by atoms with E-state index in [0.29, 0.717) is 10.8 Å². The molecule has 1 aliphatic carbocycles. The molecule has 0 radical (unpaired) electrons. The van der Waals surface area contributed by atoms with E-state index in [1.807, 2.05) is 64.1 Å². The maximum atomic E-state index is 2.19. The molecule has 0 N–H and O–H groups in total. The minimum absolute atomic E-state index is 0. The van der Waals surface area contributed by atoms with E-state index < -0.39 is 0 Å². The van der Waals surface area contributed by atoms with Crippen molar-refractivity contribution in [1.29, 1.82) is 0 Å². The molecule has 1 saturated carbocycles. The van der Waals surface area contributed by atoms with E-state index in [0.717, 1.165) is 0 Å². The van der Waals surface area contributed by atoms with Crippen LogP contribution in [0.4, 0.5) is 0 Å². The zero-order chi connectivity index (χ0) is 20.8. The summed E-state index contributed by atoms with van der Waals surface area (Å²) < 4.78 is 0. The zero-order valence-electron chi connectivity index (χ0n) is 20.0. The van der Waals surface area contributed by atoms with Gasteiger partial charge in [0, 0.05) is 1.43 Å². The van der Waals surface area contributed by atoms with Crippen LogP contribution in [0.3, 0.4) is 0 Å². The highest BCUT2D eigenvalue weighted by molar-refractivity contribution is 4.99. The van der Waals surface area contributed by atoms with Gasteiger partial charge in [0.25, 0.3) is 0 Å². The third kappa shape index (κ3) is 110. The maximum Gasteiger partial charge on any atom is 0 e. The van der Waals surface area contributed by atoms with Crippen molar-refractivity contribution in [3.63, 3.8) is 0 Å². The molecule has 1 fully saturated rings.